The van der Waals surface area contributed by atoms with E-state index in [0.717, 1.165) is 12.1 Å². The lowest BCUT2D eigenvalue weighted by atomic mass is 9.70. The second-order valence-electron chi connectivity index (χ2n) is 5.94. The van der Waals surface area contributed by atoms with E-state index in [1.165, 1.54) is 0 Å². The van der Waals surface area contributed by atoms with Crippen LogP contribution < -0.4 is 0 Å². The van der Waals surface area contributed by atoms with Crippen LogP contribution in [0.4, 0.5) is 0 Å². The lowest BCUT2D eigenvalue weighted by Gasteiger charge is -2.48. The van der Waals surface area contributed by atoms with E-state index >= 15 is 0 Å². The van der Waals surface area contributed by atoms with Crippen molar-refractivity contribution in [3.63, 3.8) is 0 Å². The van der Waals surface area contributed by atoms with Gasteiger partial charge in [0.05, 0.1) is 11.2 Å². The molecule has 0 radical (unpaired) electrons. The Morgan fingerprint density at radius 3 is 2.56 bits per heavy atom. The molecule has 1 saturated heterocycles. The molecule has 1 aromatic carbocycles. The van der Waals surface area contributed by atoms with Crippen LogP contribution in [0.3, 0.4) is 0 Å². The minimum atomic E-state index is -1.01. The van der Waals surface area contributed by atoms with Gasteiger partial charge in [-0.25, -0.2) is 0 Å². The number of aliphatic hydroxyl groups is 2. The van der Waals surface area contributed by atoms with Crippen molar-refractivity contribution in [2.24, 2.45) is 5.92 Å². The monoisotopic (exact) mass is 249 g/mol. The smallest absolute Gasteiger partial charge is 0.0936 e. The van der Waals surface area contributed by atoms with Gasteiger partial charge in [0.25, 0.3) is 0 Å². The van der Waals surface area contributed by atoms with Gasteiger partial charge in [0, 0.05) is 19.0 Å². The van der Waals surface area contributed by atoms with Crippen LogP contribution in [-0.2, 0) is 5.60 Å². The third-order valence-electron chi connectivity index (χ3n) is 4.28. The van der Waals surface area contributed by atoms with Crippen LogP contribution >= 0.6 is 0 Å². The van der Waals surface area contributed by atoms with Crippen LogP contribution in [-0.4, -0.2) is 40.9 Å². The van der Waals surface area contributed by atoms with E-state index in [9.17, 15) is 10.2 Å². The fourth-order valence-corrected chi connectivity index (χ4v) is 2.95. The van der Waals surface area contributed by atoms with Gasteiger partial charge in [-0.1, -0.05) is 30.3 Å². The Balaban J connectivity index is 2.33. The minimum absolute atomic E-state index is 0.189. The molecule has 0 bridgehead atoms. The van der Waals surface area contributed by atoms with Gasteiger partial charge in [0.15, 0.2) is 0 Å². The van der Waals surface area contributed by atoms with Crippen molar-refractivity contribution in [1.29, 1.82) is 0 Å². The Hall–Kier alpha value is -0.900. The predicted molar refractivity (Wildman–Crippen MR) is 72.2 cm³/mol. The maximum absolute atomic E-state index is 10.9. The number of piperidine rings is 1. The number of rotatable bonds is 2. The predicted octanol–water partition coefficient (Wildman–Crippen LogP) is 1.60. The molecule has 0 saturated carbocycles. The van der Waals surface area contributed by atoms with Gasteiger partial charge >= 0.3 is 0 Å². The van der Waals surface area contributed by atoms with Crippen LogP contribution in [0.15, 0.2) is 30.3 Å². The summed E-state index contributed by atoms with van der Waals surface area (Å²) in [4.78, 5) is 2.17. The molecule has 100 valence electrons. The summed E-state index contributed by atoms with van der Waals surface area (Å²) < 4.78 is 0. The maximum Gasteiger partial charge on any atom is 0.0936 e. The van der Waals surface area contributed by atoms with Gasteiger partial charge < -0.3 is 15.1 Å². The van der Waals surface area contributed by atoms with Gasteiger partial charge in [0.1, 0.15) is 0 Å². The molecule has 0 aromatic heterocycles. The van der Waals surface area contributed by atoms with E-state index in [-0.39, 0.29) is 5.92 Å². The fraction of sp³-hybridized carbons (Fsp3) is 0.600. The number of benzene rings is 1. The summed E-state index contributed by atoms with van der Waals surface area (Å²) in [6, 6.07) is 9.62. The summed E-state index contributed by atoms with van der Waals surface area (Å²) in [5.41, 5.74) is -0.976. The summed E-state index contributed by atoms with van der Waals surface area (Å²) in [5.74, 6) is -0.189. The first-order valence-corrected chi connectivity index (χ1v) is 6.53. The molecule has 18 heavy (non-hydrogen) atoms. The first-order chi connectivity index (χ1) is 8.34. The van der Waals surface area contributed by atoms with E-state index in [0.29, 0.717) is 13.0 Å². The second kappa shape index (κ2) is 4.65. The van der Waals surface area contributed by atoms with Crippen LogP contribution in [0.2, 0.25) is 0 Å². The largest absolute Gasteiger partial charge is 0.390 e. The van der Waals surface area contributed by atoms with Gasteiger partial charge in [-0.15, -0.1) is 0 Å². The maximum atomic E-state index is 10.9. The molecule has 1 aliphatic rings. The fourth-order valence-electron chi connectivity index (χ4n) is 2.95. The number of nitrogens with zero attached hydrogens (tertiary/aromatic N) is 1. The van der Waals surface area contributed by atoms with Crippen LogP contribution in [0, 0.1) is 5.92 Å². The lowest BCUT2D eigenvalue weighted by Crippen LogP contribution is -2.56. The highest BCUT2D eigenvalue weighted by Crippen LogP contribution is 2.40. The van der Waals surface area contributed by atoms with Gasteiger partial charge in [0.2, 0.25) is 0 Å². The molecule has 3 unspecified atom stereocenters. The van der Waals surface area contributed by atoms with E-state index in [1.54, 1.807) is 6.92 Å². The molecular formula is C15H23NO2. The Kier molecular flexibility index (Phi) is 3.49. The quantitative estimate of drug-likeness (QED) is 0.836. The molecular weight excluding hydrogens is 226 g/mol. The molecule has 0 amide bonds. The Bertz CT molecular complexity index is 400. The summed E-state index contributed by atoms with van der Waals surface area (Å²) in [6.07, 6.45) is 0.692. The zero-order valence-electron chi connectivity index (χ0n) is 11.4. The summed E-state index contributed by atoms with van der Waals surface area (Å²) in [6.45, 7) is 5.21. The van der Waals surface area contributed by atoms with E-state index < -0.39 is 11.2 Å². The van der Waals surface area contributed by atoms with Crippen molar-refractivity contribution < 1.29 is 10.2 Å². The number of hydrogen-bond acceptors (Lipinski definition) is 3. The van der Waals surface area contributed by atoms with Crippen molar-refractivity contribution in [2.75, 3.05) is 20.1 Å². The van der Waals surface area contributed by atoms with Gasteiger partial charge in [-0.05, 0) is 32.9 Å². The zero-order chi connectivity index (χ0) is 13.4. The summed E-state index contributed by atoms with van der Waals surface area (Å²) in [5, 5.41) is 21.4. The van der Waals surface area contributed by atoms with Crippen LogP contribution in [0.1, 0.15) is 25.8 Å². The number of hydrogen-bond donors (Lipinski definition) is 2. The molecule has 0 spiro atoms. The van der Waals surface area contributed by atoms with Crippen molar-refractivity contribution >= 4 is 0 Å². The van der Waals surface area contributed by atoms with Crippen molar-refractivity contribution in [1.82, 2.24) is 4.90 Å². The third kappa shape index (κ3) is 2.44. The standard InChI is InChI=1S/C15H23NO2/c1-14(17)9-10-16(3)11-13(14)15(2,18)12-7-5-4-6-8-12/h4-8,13,17-18H,9-11H2,1-3H3. The first kappa shape index (κ1) is 13.5. The topological polar surface area (TPSA) is 43.7 Å². The van der Waals surface area contributed by atoms with E-state index in [4.69, 9.17) is 0 Å². The Morgan fingerprint density at radius 2 is 1.94 bits per heavy atom. The minimum Gasteiger partial charge on any atom is -0.390 e. The molecule has 3 heteroatoms. The van der Waals surface area contributed by atoms with Crippen LogP contribution in [0.5, 0.6) is 0 Å². The first-order valence-electron chi connectivity index (χ1n) is 6.53. The summed E-state index contributed by atoms with van der Waals surface area (Å²) in [7, 11) is 2.03. The highest BCUT2D eigenvalue weighted by molar-refractivity contribution is 5.24. The molecule has 3 atom stereocenters. The highest BCUT2D eigenvalue weighted by atomic mass is 16.3. The second-order valence-corrected chi connectivity index (χ2v) is 5.94. The lowest BCUT2D eigenvalue weighted by molar-refractivity contribution is -0.144. The van der Waals surface area contributed by atoms with Crippen LogP contribution in [0.25, 0.3) is 0 Å². The number of likely N-dealkylation sites (tertiary alicyclic amines) is 1. The SMILES string of the molecule is CN1CCC(C)(O)C(C(C)(O)c2ccccc2)C1. The third-order valence-corrected chi connectivity index (χ3v) is 4.28. The van der Waals surface area contributed by atoms with Crippen molar-refractivity contribution in [3.8, 4) is 0 Å². The van der Waals surface area contributed by atoms with Gasteiger partial charge in [-0.3, -0.25) is 0 Å². The molecule has 2 rings (SSSR count). The highest BCUT2D eigenvalue weighted by Gasteiger charge is 2.47. The molecule has 1 heterocycles. The van der Waals surface area contributed by atoms with Gasteiger partial charge in [-0.2, -0.15) is 0 Å². The molecule has 2 N–H and O–H groups in total. The zero-order valence-corrected chi connectivity index (χ0v) is 11.4. The normalized spacial score (nSPS) is 33.1. The van der Waals surface area contributed by atoms with Crippen molar-refractivity contribution in [3.05, 3.63) is 35.9 Å². The molecule has 1 fully saturated rings. The van der Waals surface area contributed by atoms with Crippen molar-refractivity contribution in [2.45, 2.75) is 31.5 Å². The molecule has 1 aromatic rings. The molecule has 1 aliphatic heterocycles. The average molecular weight is 249 g/mol. The Morgan fingerprint density at radius 1 is 1.33 bits per heavy atom. The average Bonchev–Trinajstić information content (AvgIpc) is 2.33. The summed E-state index contributed by atoms with van der Waals surface area (Å²) >= 11 is 0. The Labute approximate surface area is 109 Å². The van der Waals surface area contributed by atoms with E-state index in [1.807, 2.05) is 44.3 Å². The molecule has 3 nitrogen and oxygen atoms in total. The molecule has 0 aliphatic carbocycles. The van der Waals surface area contributed by atoms with E-state index in [2.05, 4.69) is 4.90 Å².